The van der Waals surface area contributed by atoms with E-state index in [1.165, 1.54) is 6.07 Å². The molecular weight excluding hydrogens is 220 g/mol. The zero-order chi connectivity index (χ0) is 12.6. The first-order chi connectivity index (χ1) is 7.88. The van der Waals surface area contributed by atoms with Crippen LogP contribution in [0.3, 0.4) is 0 Å². The number of benzene rings is 1. The number of carboxylic acid groups (broad SMARTS) is 1. The Morgan fingerprint density at radius 3 is 2.71 bits per heavy atom. The van der Waals surface area contributed by atoms with Gasteiger partial charge in [-0.2, -0.15) is 0 Å². The topological polar surface area (TPSA) is 70.7 Å². The second-order valence-corrected chi connectivity index (χ2v) is 4.80. The van der Waals surface area contributed by atoms with Crippen LogP contribution in [0.25, 0.3) is 11.0 Å². The zero-order valence-electron chi connectivity index (χ0n) is 9.73. The van der Waals surface area contributed by atoms with Crippen molar-refractivity contribution in [2.45, 2.75) is 20.3 Å². The molecule has 0 radical (unpaired) electrons. The number of carboxylic acids is 1. The van der Waals surface area contributed by atoms with Crippen LogP contribution in [-0.2, 0) is 11.2 Å². The summed E-state index contributed by atoms with van der Waals surface area (Å²) in [7, 11) is 0. The predicted octanol–water partition coefficient (Wildman–Crippen LogP) is 2.79. The molecule has 1 heterocycles. The van der Waals surface area contributed by atoms with Crippen molar-refractivity contribution < 1.29 is 19.4 Å². The van der Waals surface area contributed by atoms with Crippen molar-refractivity contribution in [1.82, 2.24) is 0 Å². The Kier molecular flexibility index (Phi) is 2.58. The van der Waals surface area contributed by atoms with E-state index in [0.717, 1.165) is 5.39 Å². The summed E-state index contributed by atoms with van der Waals surface area (Å²) in [6, 6.07) is 6.57. The minimum Gasteiger partial charge on any atom is -0.508 e. The Bertz CT molecular complexity index is 566. The highest BCUT2D eigenvalue weighted by Crippen LogP contribution is 2.28. The molecule has 2 N–H and O–H groups in total. The van der Waals surface area contributed by atoms with Crippen LogP contribution in [-0.4, -0.2) is 16.2 Å². The highest BCUT2D eigenvalue weighted by Gasteiger charge is 2.28. The SMILES string of the molecule is CC(C)(Cc1cc2cc(O)ccc2o1)C(=O)O. The third-order valence-electron chi connectivity index (χ3n) is 2.75. The monoisotopic (exact) mass is 234 g/mol. The Morgan fingerprint density at radius 1 is 1.35 bits per heavy atom. The molecule has 0 bridgehead atoms. The Labute approximate surface area is 98.5 Å². The van der Waals surface area contributed by atoms with Crippen LogP contribution in [0.4, 0.5) is 0 Å². The fourth-order valence-corrected chi connectivity index (χ4v) is 1.68. The quantitative estimate of drug-likeness (QED) is 0.856. The summed E-state index contributed by atoms with van der Waals surface area (Å²) in [5.74, 6) is -0.0823. The summed E-state index contributed by atoms with van der Waals surface area (Å²) < 4.78 is 5.53. The van der Waals surface area contributed by atoms with Gasteiger partial charge in [-0.25, -0.2) is 0 Å². The van der Waals surface area contributed by atoms with Gasteiger partial charge in [-0.1, -0.05) is 0 Å². The molecule has 2 aromatic rings. The largest absolute Gasteiger partial charge is 0.508 e. The highest BCUT2D eigenvalue weighted by molar-refractivity contribution is 5.80. The van der Waals surface area contributed by atoms with Gasteiger partial charge in [0, 0.05) is 11.8 Å². The maximum atomic E-state index is 11.0. The Balaban J connectivity index is 2.34. The van der Waals surface area contributed by atoms with Gasteiger partial charge in [-0.3, -0.25) is 4.79 Å². The third kappa shape index (κ3) is 2.25. The summed E-state index contributed by atoms with van der Waals surface area (Å²) in [6.45, 7) is 3.31. The van der Waals surface area contributed by atoms with Gasteiger partial charge in [0.25, 0.3) is 0 Å². The molecule has 0 unspecified atom stereocenters. The molecular formula is C13H14O4. The molecule has 0 amide bonds. The van der Waals surface area contributed by atoms with E-state index in [0.29, 0.717) is 17.8 Å². The van der Waals surface area contributed by atoms with Crippen LogP contribution in [0.15, 0.2) is 28.7 Å². The summed E-state index contributed by atoms with van der Waals surface area (Å²) in [4.78, 5) is 11.0. The second kappa shape index (κ2) is 3.80. The predicted molar refractivity (Wildman–Crippen MR) is 63.0 cm³/mol. The van der Waals surface area contributed by atoms with Crippen LogP contribution in [0.5, 0.6) is 5.75 Å². The molecule has 0 spiro atoms. The molecule has 0 saturated carbocycles. The lowest BCUT2D eigenvalue weighted by Crippen LogP contribution is -2.25. The summed E-state index contributed by atoms with van der Waals surface area (Å²) in [5.41, 5.74) is -0.213. The fourth-order valence-electron chi connectivity index (χ4n) is 1.68. The molecule has 0 aliphatic carbocycles. The number of hydrogen-bond donors (Lipinski definition) is 2. The molecule has 0 fully saturated rings. The van der Waals surface area contributed by atoms with Crippen molar-refractivity contribution in [3.05, 3.63) is 30.0 Å². The van der Waals surface area contributed by atoms with Crippen molar-refractivity contribution >= 4 is 16.9 Å². The van der Waals surface area contributed by atoms with Crippen molar-refractivity contribution in [2.75, 3.05) is 0 Å². The first kappa shape index (κ1) is 11.5. The zero-order valence-corrected chi connectivity index (χ0v) is 9.73. The van der Waals surface area contributed by atoms with Crippen molar-refractivity contribution in [3.63, 3.8) is 0 Å². The summed E-state index contributed by atoms with van der Waals surface area (Å²) in [6.07, 6.45) is 0.317. The minimum atomic E-state index is -0.865. The van der Waals surface area contributed by atoms with Gasteiger partial charge in [-0.15, -0.1) is 0 Å². The van der Waals surface area contributed by atoms with Crippen LogP contribution >= 0.6 is 0 Å². The van der Waals surface area contributed by atoms with Crippen LogP contribution in [0.1, 0.15) is 19.6 Å². The lowest BCUT2D eigenvalue weighted by Gasteiger charge is -2.16. The van der Waals surface area contributed by atoms with E-state index >= 15 is 0 Å². The molecule has 0 aliphatic heterocycles. The van der Waals surface area contributed by atoms with E-state index in [4.69, 9.17) is 9.52 Å². The van der Waals surface area contributed by atoms with Gasteiger partial charge >= 0.3 is 5.97 Å². The van der Waals surface area contributed by atoms with Crippen LogP contribution < -0.4 is 0 Å². The first-order valence-electron chi connectivity index (χ1n) is 5.33. The Hall–Kier alpha value is -1.97. The van der Waals surface area contributed by atoms with Crippen molar-refractivity contribution in [1.29, 1.82) is 0 Å². The number of aromatic hydroxyl groups is 1. The van der Waals surface area contributed by atoms with Crippen LogP contribution in [0, 0.1) is 5.41 Å². The first-order valence-corrected chi connectivity index (χ1v) is 5.33. The smallest absolute Gasteiger partial charge is 0.309 e. The molecule has 90 valence electrons. The summed E-state index contributed by atoms with van der Waals surface area (Å²) >= 11 is 0. The third-order valence-corrected chi connectivity index (χ3v) is 2.75. The minimum absolute atomic E-state index is 0.169. The number of carbonyl (C=O) groups is 1. The molecule has 2 rings (SSSR count). The number of phenolic OH excluding ortho intramolecular Hbond substituents is 1. The van der Waals surface area contributed by atoms with E-state index in [2.05, 4.69) is 0 Å². The normalized spacial score (nSPS) is 11.9. The molecule has 0 aliphatic rings. The molecule has 1 aromatic carbocycles. The maximum Gasteiger partial charge on any atom is 0.309 e. The lowest BCUT2D eigenvalue weighted by atomic mass is 9.88. The fraction of sp³-hybridized carbons (Fsp3) is 0.308. The number of fused-ring (bicyclic) bond motifs is 1. The average molecular weight is 234 g/mol. The van der Waals surface area contributed by atoms with Gasteiger partial charge in [0.2, 0.25) is 0 Å². The maximum absolute atomic E-state index is 11.0. The van der Waals surface area contributed by atoms with Crippen LogP contribution in [0.2, 0.25) is 0 Å². The van der Waals surface area contributed by atoms with E-state index in [1.54, 1.807) is 32.0 Å². The van der Waals surface area contributed by atoms with Crippen molar-refractivity contribution in [2.24, 2.45) is 5.41 Å². The van der Waals surface area contributed by atoms with E-state index in [1.807, 2.05) is 0 Å². The van der Waals surface area contributed by atoms with Gasteiger partial charge < -0.3 is 14.6 Å². The summed E-state index contributed by atoms with van der Waals surface area (Å²) in [5, 5.41) is 19.1. The second-order valence-electron chi connectivity index (χ2n) is 4.80. The van der Waals surface area contributed by atoms with Gasteiger partial charge in [-0.05, 0) is 38.1 Å². The molecule has 4 nitrogen and oxygen atoms in total. The average Bonchev–Trinajstić information content (AvgIpc) is 2.57. The van der Waals surface area contributed by atoms with E-state index in [9.17, 15) is 9.90 Å². The number of furan rings is 1. The van der Waals surface area contributed by atoms with Gasteiger partial charge in [0.15, 0.2) is 0 Å². The molecule has 0 atom stereocenters. The molecule has 4 heteroatoms. The number of aliphatic carboxylic acids is 1. The van der Waals surface area contributed by atoms with Gasteiger partial charge in [0.1, 0.15) is 17.1 Å². The van der Waals surface area contributed by atoms with E-state index < -0.39 is 11.4 Å². The Morgan fingerprint density at radius 2 is 2.06 bits per heavy atom. The molecule has 17 heavy (non-hydrogen) atoms. The number of phenols is 1. The highest BCUT2D eigenvalue weighted by atomic mass is 16.4. The molecule has 1 aromatic heterocycles. The number of hydrogen-bond acceptors (Lipinski definition) is 3. The lowest BCUT2D eigenvalue weighted by molar-refractivity contribution is -0.147. The number of rotatable bonds is 3. The van der Waals surface area contributed by atoms with Gasteiger partial charge in [0.05, 0.1) is 5.41 Å². The van der Waals surface area contributed by atoms with E-state index in [-0.39, 0.29) is 5.75 Å². The molecule has 0 saturated heterocycles. The van der Waals surface area contributed by atoms with Crippen molar-refractivity contribution in [3.8, 4) is 5.75 Å². The standard InChI is InChI=1S/C13H14O4/c1-13(2,12(15)16)7-10-6-8-5-9(14)3-4-11(8)17-10/h3-6,14H,7H2,1-2H3,(H,15,16).